The van der Waals surface area contributed by atoms with Gasteiger partial charge < -0.3 is 10.6 Å². The van der Waals surface area contributed by atoms with E-state index in [1.165, 1.54) is 43.6 Å². The topological polar surface area (TPSA) is 24.1 Å². The smallest absolute Gasteiger partial charge is 0.0390 e. The largest absolute Gasteiger partial charge is 0.317 e. The Morgan fingerprint density at radius 1 is 1.12 bits per heavy atom. The van der Waals surface area contributed by atoms with E-state index in [1.807, 2.05) is 0 Å². The zero-order valence-electron chi connectivity index (χ0n) is 9.92. The van der Waals surface area contributed by atoms with Crippen LogP contribution in [-0.4, -0.2) is 19.6 Å². The molecule has 2 aliphatic heterocycles. The van der Waals surface area contributed by atoms with Crippen molar-refractivity contribution in [3.63, 3.8) is 0 Å². The predicted molar refractivity (Wildman–Crippen MR) is 66.5 cm³/mol. The van der Waals surface area contributed by atoms with Crippen LogP contribution in [0.15, 0.2) is 24.3 Å². The molecule has 1 spiro atoms. The van der Waals surface area contributed by atoms with E-state index in [1.54, 1.807) is 0 Å². The van der Waals surface area contributed by atoms with Crippen LogP contribution in [0.1, 0.15) is 30.0 Å². The van der Waals surface area contributed by atoms with Crippen LogP contribution < -0.4 is 10.6 Å². The Hall–Kier alpha value is -0.860. The van der Waals surface area contributed by atoms with Crippen LogP contribution in [0.2, 0.25) is 0 Å². The standard InChI is InChI=1S/C14H20N2/c1-11-2-4-12(5-3-11)13-14(10-16-13)6-8-15-9-7-14/h2-5,13,15-16H,6-10H2,1H3. The third-order valence-corrected chi connectivity index (χ3v) is 4.28. The molecule has 2 heterocycles. The van der Waals surface area contributed by atoms with Gasteiger partial charge in [-0.3, -0.25) is 0 Å². The van der Waals surface area contributed by atoms with Crippen molar-refractivity contribution in [1.29, 1.82) is 0 Å². The number of nitrogens with one attached hydrogen (secondary N) is 2. The van der Waals surface area contributed by atoms with E-state index < -0.39 is 0 Å². The summed E-state index contributed by atoms with van der Waals surface area (Å²) in [6, 6.07) is 9.62. The summed E-state index contributed by atoms with van der Waals surface area (Å²) >= 11 is 0. The monoisotopic (exact) mass is 216 g/mol. The van der Waals surface area contributed by atoms with E-state index in [9.17, 15) is 0 Å². The average molecular weight is 216 g/mol. The third-order valence-electron chi connectivity index (χ3n) is 4.28. The average Bonchev–Trinajstić information content (AvgIpc) is 2.32. The van der Waals surface area contributed by atoms with E-state index in [0.717, 1.165) is 0 Å². The van der Waals surface area contributed by atoms with Gasteiger partial charge in [0.05, 0.1) is 0 Å². The molecule has 86 valence electrons. The first-order valence-corrected chi connectivity index (χ1v) is 6.31. The summed E-state index contributed by atoms with van der Waals surface area (Å²) in [6.07, 6.45) is 2.64. The molecule has 1 aromatic carbocycles. The van der Waals surface area contributed by atoms with Crippen molar-refractivity contribution in [3.05, 3.63) is 35.4 Å². The highest BCUT2D eigenvalue weighted by atomic mass is 15.1. The molecule has 3 rings (SSSR count). The van der Waals surface area contributed by atoms with E-state index >= 15 is 0 Å². The van der Waals surface area contributed by atoms with Gasteiger partial charge in [0.1, 0.15) is 0 Å². The van der Waals surface area contributed by atoms with Crippen LogP contribution in [0.4, 0.5) is 0 Å². The minimum atomic E-state index is 0.542. The number of rotatable bonds is 1. The number of benzene rings is 1. The van der Waals surface area contributed by atoms with Crippen molar-refractivity contribution in [2.75, 3.05) is 19.6 Å². The maximum absolute atomic E-state index is 3.61. The second-order valence-electron chi connectivity index (χ2n) is 5.34. The van der Waals surface area contributed by atoms with Gasteiger partial charge in [0, 0.05) is 18.0 Å². The Bertz CT molecular complexity index is 363. The maximum Gasteiger partial charge on any atom is 0.0390 e. The Balaban J connectivity index is 1.82. The van der Waals surface area contributed by atoms with E-state index in [0.29, 0.717) is 11.5 Å². The van der Waals surface area contributed by atoms with Crippen molar-refractivity contribution in [3.8, 4) is 0 Å². The van der Waals surface area contributed by atoms with Crippen LogP contribution in [0.25, 0.3) is 0 Å². The van der Waals surface area contributed by atoms with Crippen LogP contribution in [0.5, 0.6) is 0 Å². The molecule has 2 N–H and O–H groups in total. The van der Waals surface area contributed by atoms with Crippen molar-refractivity contribution >= 4 is 0 Å². The van der Waals surface area contributed by atoms with Gasteiger partial charge in [-0.25, -0.2) is 0 Å². The van der Waals surface area contributed by atoms with Gasteiger partial charge in [-0.2, -0.15) is 0 Å². The zero-order valence-corrected chi connectivity index (χ0v) is 9.92. The summed E-state index contributed by atoms with van der Waals surface area (Å²) < 4.78 is 0. The van der Waals surface area contributed by atoms with E-state index in [2.05, 4.69) is 41.8 Å². The van der Waals surface area contributed by atoms with E-state index in [4.69, 9.17) is 0 Å². The molecule has 2 nitrogen and oxygen atoms in total. The van der Waals surface area contributed by atoms with Crippen molar-refractivity contribution in [2.24, 2.45) is 5.41 Å². The summed E-state index contributed by atoms with van der Waals surface area (Å²) in [6.45, 7) is 5.72. The van der Waals surface area contributed by atoms with Gasteiger partial charge in [0.15, 0.2) is 0 Å². The highest BCUT2D eigenvalue weighted by Crippen LogP contribution is 2.47. The summed E-state index contributed by atoms with van der Waals surface area (Å²) in [5, 5.41) is 7.08. The first-order chi connectivity index (χ1) is 7.80. The third kappa shape index (κ3) is 1.57. The van der Waals surface area contributed by atoms with Crippen LogP contribution in [-0.2, 0) is 0 Å². The molecule has 2 heteroatoms. The summed E-state index contributed by atoms with van der Waals surface area (Å²) in [5.74, 6) is 0. The molecule has 2 aliphatic rings. The second kappa shape index (κ2) is 3.86. The fourth-order valence-corrected chi connectivity index (χ4v) is 3.11. The Kier molecular flexibility index (Phi) is 2.49. The summed E-state index contributed by atoms with van der Waals surface area (Å²) in [4.78, 5) is 0. The molecule has 0 aliphatic carbocycles. The van der Waals surface area contributed by atoms with Crippen molar-refractivity contribution in [1.82, 2.24) is 10.6 Å². The fraction of sp³-hybridized carbons (Fsp3) is 0.571. The van der Waals surface area contributed by atoms with Gasteiger partial charge in [0.25, 0.3) is 0 Å². The molecule has 0 aromatic heterocycles. The molecule has 1 atom stereocenters. The first kappa shape index (κ1) is 10.3. The SMILES string of the molecule is Cc1ccc(C2NCC23CCNCC3)cc1. The molecule has 2 fully saturated rings. The lowest BCUT2D eigenvalue weighted by Crippen LogP contribution is -2.59. The van der Waals surface area contributed by atoms with Crippen LogP contribution in [0, 0.1) is 12.3 Å². The van der Waals surface area contributed by atoms with E-state index in [-0.39, 0.29) is 0 Å². The molecule has 0 saturated carbocycles. The zero-order chi connectivity index (χ0) is 11.0. The molecule has 2 saturated heterocycles. The quantitative estimate of drug-likeness (QED) is 0.750. The Morgan fingerprint density at radius 3 is 2.38 bits per heavy atom. The lowest BCUT2D eigenvalue weighted by Gasteiger charge is -2.53. The van der Waals surface area contributed by atoms with Gasteiger partial charge in [0.2, 0.25) is 0 Å². The second-order valence-corrected chi connectivity index (χ2v) is 5.34. The maximum atomic E-state index is 3.61. The van der Waals surface area contributed by atoms with Crippen LogP contribution >= 0.6 is 0 Å². The van der Waals surface area contributed by atoms with Crippen LogP contribution in [0.3, 0.4) is 0 Å². The minimum absolute atomic E-state index is 0.542. The fourth-order valence-electron chi connectivity index (χ4n) is 3.11. The Labute approximate surface area is 97.4 Å². The number of hydrogen-bond acceptors (Lipinski definition) is 2. The Morgan fingerprint density at radius 2 is 1.81 bits per heavy atom. The molecule has 0 amide bonds. The molecular weight excluding hydrogens is 196 g/mol. The number of aryl methyl sites for hydroxylation is 1. The molecule has 0 bridgehead atoms. The predicted octanol–water partition coefficient (Wildman–Crippen LogP) is 2.01. The van der Waals surface area contributed by atoms with Crippen molar-refractivity contribution in [2.45, 2.75) is 25.8 Å². The summed E-state index contributed by atoms with van der Waals surface area (Å²) in [7, 11) is 0. The molecule has 1 unspecified atom stereocenters. The van der Waals surface area contributed by atoms with Gasteiger partial charge in [-0.1, -0.05) is 29.8 Å². The minimum Gasteiger partial charge on any atom is -0.317 e. The molecular formula is C14H20N2. The normalized spacial score (nSPS) is 27.7. The van der Waals surface area contributed by atoms with Gasteiger partial charge in [-0.15, -0.1) is 0 Å². The molecule has 0 radical (unpaired) electrons. The summed E-state index contributed by atoms with van der Waals surface area (Å²) in [5.41, 5.74) is 3.36. The number of piperidine rings is 1. The van der Waals surface area contributed by atoms with Crippen molar-refractivity contribution < 1.29 is 0 Å². The van der Waals surface area contributed by atoms with Gasteiger partial charge in [-0.05, 0) is 38.4 Å². The highest BCUT2D eigenvalue weighted by molar-refractivity contribution is 5.28. The molecule has 1 aromatic rings. The number of hydrogen-bond donors (Lipinski definition) is 2. The van der Waals surface area contributed by atoms with Gasteiger partial charge >= 0.3 is 0 Å². The lowest BCUT2D eigenvalue weighted by atomic mass is 9.65. The molecule has 16 heavy (non-hydrogen) atoms. The lowest BCUT2D eigenvalue weighted by molar-refractivity contribution is 0.0436. The first-order valence-electron chi connectivity index (χ1n) is 6.31. The highest BCUT2D eigenvalue weighted by Gasteiger charge is 2.47.